The van der Waals surface area contributed by atoms with Gasteiger partial charge in [-0.1, -0.05) is 55.5 Å². The van der Waals surface area contributed by atoms with Crippen LogP contribution in [0.1, 0.15) is 47.7 Å². The number of aliphatic hydroxyl groups excluding tert-OH is 1. The number of unbranched alkanes of at least 4 members (excludes halogenated alkanes) is 1. The van der Waals surface area contributed by atoms with Crippen LogP contribution in [0.5, 0.6) is 0 Å². The van der Waals surface area contributed by atoms with Gasteiger partial charge in [0.25, 0.3) is 5.91 Å². The number of nitrogens with zero attached hydrogens (tertiary/aromatic N) is 1. The van der Waals surface area contributed by atoms with Crippen LogP contribution < -0.4 is 0 Å². The zero-order valence-electron chi connectivity index (χ0n) is 14.6. The van der Waals surface area contributed by atoms with E-state index in [-0.39, 0.29) is 12.5 Å². The first kappa shape index (κ1) is 17.6. The van der Waals surface area contributed by atoms with Crippen LogP contribution in [-0.4, -0.2) is 35.7 Å². The van der Waals surface area contributed by atoms with Crippen LogP contribution >= 0.6 is 0 Å². The molecule has 25 heavy (non-hydrogen) atoms. The second kappa shape index (κ2) is 7.81. The number of ether oxygens (including phenoxy) is 1. The first-order valence-corrected chi connectivity index (χ1v) is 8.97. The Morgan fingerprint density at radius 1 is 1.04 bits per heavy atom. The molecule has 1 unspecified atom stereocenters. The van der Waals surface area contributed by atoms with Gasteiger partial charge in [0.15, 0.2) is 5.72 Å². The first-order valence-electron chi connectivity index (χ1n) is 8.97. The maximum atomic E-state index is 13.1. The van der Waals surface area contributed by atoms with Crippen molar-refractivity contribution in [2.75, 3.05) is 19.8 Å². The second-order valence-corrected chi connectivity index (χ2v) is 6.29. The van der Waals surface area contributed by atoms with Crippen molar-refractivity contribution in [2.45, 2.75) is 31.9 Å². The lowest BCUT2D eigenvalue weighted by atomic mass is 9.93. The molecule has 1 aliphatic rings. The van der Waals surface area contributed by atoms with E-state index >= 15 is 0 Å². The SMILES string of the molecule is CCCOC1(c2ccccc2)c2ccccc2C(=O)N1CCCCO. The van der Waals surface area contributed by atoms with Gasteiger partial charge in [0.05, 0.1) is 0 Å². The van der Waals surface area contributed by atoms with Crippen LogP contribution in [0.2, 0.25) is 0 Å². The Hall–Kier alpha value is -2.17. The highest BCUT2D eigenvalue weighted by Crippen LogP contribution is 2.45. The Labute approximate surface area is 149 Å². The monoisotopic (exact) mass is 339 g/mol. The molecule has 0 radical (unpaired) electrons. The lowest BCUT2D eigenvalue weighted by molar-refractivity contribution is -0.108. The molecule has 0 spiro atoms. The number of fused-ring (bicyclic) bond motifs is 1. The van der Waals surface area contributed by atoms with Gasteiger partial charge in [0.2, 0.25) is 0 Å². The quantitative estimate of drug-likeness (QED) is 0.748. The van der Waals surface area contributed by atoms with Gasteiger partial charge in [0.1, 0.15) is 0 Å². The van der Waals surface area contributed by atoms with Gasteiger partial charge in [-0.25, -0.2) is 0 Å². The van der Waals surface area contributed by atoms with E-state index in [1.807, 2.05) is 59.5 Å². The highest BCUT2D eigenvalue weighted by atomic mass is 16.5. The molecule has 0 fully saturated rings. The van der Waals surface area contributed by atoms with Gasteiger partial charge in [-0.2, -0.15) is 0 Å². The number of amides is 1. The number of benzene rings is 2. The van der Waals surface area contributed by atoms with Crippen LogP contribution in [-0.2, 0) is 10.5 Å². The van der Waals surface area contributed by atoms with Gasteiger partial charge in [-0.3, -0.25) is 4.79 Å². The first-order chi connectivity index (χ1) is 12.3. The zero-order chi connectivity index (χ0) is 17.7. The summed E-state index contributed by atoms with van der Waals surface area (Å²) in [4.78, 5) is 15.0. The Morgan fingerprint density at radius 3 is 2.48 bits per heavy atom. The summed E-state index contributed by atoms with van der Waals surface area (Å²) in [5.41, 5.74) is 1.68. The minimum Gasteiger partial charge on any atom is -0.396 e. The predicted octanol–water partition coefficient (Wildman–Crippen LogP) is 3.54. The van der Waals surface area contributed by atoms with Crippen molar-refractivity contribution in [1.29, 1.82) is 0 Å². The third-order valence-corrected chi connectivity index (χ3v) is 4.62. The molecule has 1 aliphatic heterocycles. The van der Waals surface area contributed by atoms with E-state index in [2.05, 4.69) is 6.92 Å². The average molecular weight is 339 g/mol. The van der Waals surface area contributed by atoms with E-state index in [4.69, 9.17) is 9.84 Å². The molecule has 0 saturated heterocycles. The molecule has 4 heteroatoms. The molecule has 0 bridgehead atoms. The average Bonchev–Trinajstić information content (AvgIpc) is 2.91. The van der Waals surface area contributed by atoms with Crippen molar-refractivity contribution in [3.05, 3.63) is 71.3 Å². The van der Waals surface area contributed by atoms with Crippen molar-refractivity contribution in [3.8, 4) is 0 Å². The van der Waals surface area contributed by atoms with Crippen LogP contribution in [0.4, 0.5) is 0 Å². The van der Waals surface area contributed by atoms with Crippen molar-refractivity contribution in [3.63, 3.8) is 0 Å². The molecule has 1 atom stereocenters. The van der Waals surface area contributed by atoms with E-state index in [0.29, 0.717) is 25.1 Å². The molecule has 1 heterocycles. The van der Waals surface area contributed by atoms with E-state index < -0.39 is 5.72 Å². The summed E-state index contributed by atoms with van der Waals surface area (Å²) < 4.78 is 6.41. The van der Waals surface area contributed by atoms with Crippen molar-refractivity contribution >= 4 is 5.91 Å². The summed E-state index contributed by atoms with van der Waals surface area (Å²) in [5, 5.41) is 9.13. The number of carbonyl (C=O) groups is 1. The number of hydrogen-bond acceptors (Lipinski definition) is 3. The van der Waals surface area contributed by atoms with E-state index in [0.717, 1.165) is 24.0 Å². The predicted molar refractivity (Wildman–Crippen MR) is 97.3 cm³/mol. The van der Waals surface area contributed by atoms with E-state index in [9.17, 15) is 4.79 Å². The molecule has 3 rings (SSSR count). The minimum absolute atomic E-state index is 0.00602. The summed E-state index contributed by atoms with van der Waals surface area (Å²) in [6, 6.07) is 17.7. The molecule has 1 amide bonds. The van der Waals surface area contributed by atoms with Gasteiger partial charge in [-0.15, -0.1) is 0 Å². The zero-order valence-corrected chi connectivity index (χ0v) is 14.6. The number of rotatable bonds is 8. The highest BCUT2D eigenvalue weighted by molar-refractivity contribution is 6.00. The molecule has 2 aromatic carbocycles. The van der Waals surface area contributed by atoms with Crippen molar-refractivity contribution in [2.24, 2.45) is 0 Å². The summed E-state index contributed by atoms with van der Waals surface area (Å²) >= 11 is 0. The Balaban J connectivity index is 2.13. The molecular formula is C21H25NO3. The van der Waals surface area contributed by atoms with Gasteiger partial charge < -0.3 is 14.7 Å². The summed E-state index contributed by atoms with van der Waals surface area (Å²) in [6.45, 7) is 3.31. The Bertz CT molecular complexity index is 716. The number of hydrogen-bond donors (Lipinski definition) is 1. The summed E-state index contributed by atoms with van der Waals surface area (Å²) in [5.74, 6) is -0.00602. The minimum atomic E-state index is -0.888. The van der Waals surface area contributed by atoms with Crippen molar-refractivity contribution < 1.29 is 14.6 Å². The number of aliphatic hydroxyl groups is 1. The van der Waals surface area contributed by atoms with Gasteiger partial charge >= 0.3 is 0 Å². The fourth-order valence-corrected chi connectivity index (χ4v) is 3.50. The summed E-state index contributed by atoms with van der Waals surface area (Å²) in [6.07, 6.45) is 2.27. The van der Waals surface area contributed by atoms with Crippen LogP contribution in [0.15, 0.2) is 54.6 Å². The molecule has 132 valence electrons. The molecule has 4 nitrogen and oxygen atoms in total. The molecule has 2 aromatic rings. The van der Waals surface area contributed by atoms with E-state index in [1.54, 1.807) is 0 Å². The Morgan fingerprint density at radius 2 is 1.76 bits per heavy atom. The fourth-order valence-electron chi connectivity index (χ4n) is 3.50. The van der Waals surface area contributed by atoms with E-state index in [1.165, 1.54) is 0 Å². The Kier molecular flexibility index (Phi) is 5.51. The van der Waals surface area contributed by atoms with Gasteiger partial charge in [0, 0.05) is 36.4 Å². The highest BCUT2D eigenvalue weighted by Gasteiger charge is 2.51. The third-order valence-electron chi connectivity index (χ3n) is 4.62. The maximum Gasteiger partial charge on any atom is 0.257 e. The number of carbonyl (C=O) groups excluding carboxylic acids is 1. The van der Waals surface area contributed by atoms with Crippen LogP contribution in [0.3, 0.4) is 0 Å². The lowest BCUT2D eigenvalue weighted by Gasteiger charge is -2.39. The maximum absolute atomic E-state index is 13.1. The van der Waals surface area contributed by atoms with Gasteiger partial charge in [-0.05, 0) is 25.3 Å². The second-order valence-electron chi connectivity index (χ2n) is 6.29. The van der Waals surface area contributed by atoms with Crippen LogP contribution in [0.25, 0.3) is 0 Å². The fraction of sp³-hybridized carbons (Fsp3) is 0.381. The molecular weight excluding hydrogens is 314 g/mol. The molecule has 0 saturated carbocycles. The smallest absolute Gasteiger partial charge is 0.257 e. The largest absolute Gasteiger partial charge is 0.396 e. The normalized spacial score (nSPS) is 19.3. The third kappa shape index (κ3) is 3.08. The molecule has 0 aromatic heterocycles. The van der Waals surface area contributed by atoms with Crippen LogP contribution in [0, 0.1) is 0 Å². The lowest BCUT2D eigenvalue weighted by Crippen LogP contribution is -2.47. The summed E-state index contributed by atoms with van der Waals surface area (Å²) in [7, 11) is 0. The molecule has 0 aliphatic carbocycles. The topological polar surface area (TPSA) is 49.8 Å². The standard InChI is InChI=1S/C21H25NO3/c1-2-16-25-21(17-10-4-3-5-11-17)19-13-7-6-12-18(19)20(24)22(21)14-8-9-15-23/h3-7,10-13,23H,2,8-9,14-16H2,1H3. The van der Waals surface area contributed by atoms with Crippen molar-refractivity contribution in [1.82, 2.24) is 4.90 Å². The molecule has 1 N–H and O–H groups in total.